The number of ether oxygens (including phenoxy) is 5. The number of anilines is 1. The Morgan fingerprint density at radius 1 is 0.936 bits per heavy atom. The molecule has 0 amide bonds. The van der Waals surface area contributed by atoms with Crippen LogP contribution in [0.3, 0.4) is 0 Å². The van der Waals surface area contributed by atoms with E-state index in [9.17, 15) is 20.4 Å². The second-order valence-corrected chi connectivity index (χ2v) is 12.8. The van der Waals surface area contributed by atoms with Crippen LogP contribution >= 0.6 is 0 Å². The van der Waals surface area contributed by atoms with Crippen LogP contribution in [-0.4, -0.2) is 66.7 Å². The van der Waals surface area contributed by atoms with Gasteiger partial charge in [0.2, 0.25) is 5.75 Å². The monoisotopic (exact) mass is 648 g/mol. The number of aliphatic hydroxyl groups excluding tert-OH is 3. The third kappa shape index (κ3) is 5.29. The van der Waals surface area contributed by atoms with Crippen LogP contribution in [0, 0.1) is 0 Å². The zero-order valence-corrected chi connectivity index (χ0v) is 27.1. The summed E-state index contributed by atoms with van der Waals surface area (Å²) in [5.41, 5.74) is 6.04. The van der Waals surface area contributed by atoms with E-state index in [-0.39, 0.29) is 37.1 Å². The van der Waals surface area contributed by atoms with Crippen LogP contribution in [0.5, 0.6) is 34.5 Å². The molecule has 7 rings (SSSR count). The predicted molar refractivity (Wildman–Crippen MR) is 175 cm³/mol. The lowest BCUT2D eigenvalue weighted by molar-refractivity contribution is 0.0379. The summed E-state index contributed by atoms with van der Waals surface area (Å²) in [7, 11) is 3.12. The zero-order chi connectivity index (χ0) is 32.9. The van der Waals surface area contributed by atoms with Gasteiger partial charge in [-0.1, -0.05) is 6.92 Å². The molecule has 11 nitrogen and oxygen atoms in total. The molecule has 0 radical (unpaired) electrons. The lowest BCUT2D eigenvalue weighted by atomic mass is 9.74. The Hall–Kier alpha value is -3.90. The molecule has 0 saturated heterocycles. The maximum Gasteiger partial charge on any atom is 0.200 e. The van der Waals surface area contributed by atoms with Gasteiger partial charge in [-0.05, 0) is 55.5 Å². The molecule has 2 aliphatic carbocycles. The Labute approximate surface area is 274 Å². The van der Waals surface area contributed by atoms with Crippen molar-refractivity contribution < 1.29 is 44.1 Å². The Morgan fingerprint density at radius 2 is 1.68 bits per heavy atom. The van der Waals surface area contributed by atoms with Gasteiger partial charge in [0.05, 0.1) is 39.1 Å². The summed E-state index contributed by atoms with van der Waals surface area (Å²) in [5.74, 6) is 1.67. The minimum absolute atomic E-state index is 0.0383. The molecule has 3 atom stereocenters. The van der Waals surface area contributed by atoms with Gasteiger partial charge in [-0.2, -0.15) is 0 Å². The number of hydrogen-bond acceptors (Lipinski definition) is 11. The summed E-state index contributed by atoms with van der Waals surface area (Å²) in [5, 5.41) is 50.5. The highest BCUT2D eigenvalue weighted by Crippen LogP contribution is 2.58. The van der Waals surface area contributed by atoms with Gasteiger partial charge in [-0.25, -0.2) is 0 Å². The quantitative estimate of drug-likeness (QED) is 0.125. The van der Waals surface area contributed by atoms with E-state index in [1.165, 1.54) is 7.11 Å². The molecule has 0 aromatic heterocycles. The molecule has 3 aromatic rings. The normalized spacial score (nSPS) is 21.6. The topological polar surface area (TPSA) is 151 Å². The highest BCUT2D eigenvalue weighted by Gasteiger charge is 2.43. The molecule has 6 N–H and O–H groups in total. The molecule has 11 heteroatoms. The Kier molecular flexibility index (Phi) is 8.50. The number of aromatic hydroxyl groups is 1. The average Bonchev–Trinajstić information content (AvgIpc) is 3.52. The van der Waals surface area contributed by atoms with Crippen molar-refractivity contribution >= 4 is 5.69 Å². The molecule has 47 heavy (non-hydrogen) atoms. The van der Waals surface area contributed by atoms with Gasteiger partial charge < -0.3 is 49.4 Å². The van der Waals surface area contributed by atoms with Gasteiger partial charge in [0.1, 0.15) is 17.2 Å². The van der Waals surface area contributed by atoms with Crippen molar-refractivity contribution in [3.8, 4) is 45.6 Å². The summed E-state index contributed by atoms with van der Waals surface area (Å²) in [6, 6.07) is 7.18. The third-order valence-electron chi connectivity index (χ3n) is 10.1. The van der Waals surface area contributed by atoms with E-state index in [1.54, 1.807) is 19.2 Å². The molecule has 2 heterocycles. The fraction of sp³-hybridized carbons (Fsp3) is 0.500. The number of rotatable bonds is 11. The van der Waals surface area contributed by atoms with E-state index >= 15 is 0 Å². The number of aliphatic hydroxyl groups is 3. The van der Waals surface area contributed by atoms with Crippen molar-refractivity contribution in [2.75, 3.05) is 45.9 Å². The largest absolute Gasteiger partial charge is 0.502 e. The first-order chi connectivity index (χ1) is 22.8. The number of hydrogen-bond donors (Lipinski definition) is 6. The van der Waals surface area contributed by atoms with Gasteiger partial charge in [0, 0.05) is 71.9 Å². The van der Waals surface area contributed by atoms with Crippen LogP contribution < -0.4 is 34.3 Å². The Balaban J connectivity index is 1.33. The molecule has 3 aromatic carbocycles. The summed E-state index contributed by atoms with van der Waals surface area (Å²) < 4.78 is 30.3. The van der Waals surface area contributed by atoms with Crippen LogP contribution in [-0.2, 0) is 12.8 Å². The zero-order valence-electron chi connectivity index (χ0n) is 27.1. The molecule has 0 bridgehead atoms. The molecular weight excluding hydrogens is 604 g/mol. The summed E-state index contributed by atoms with van der Waals surface area (Å²) in [6.07, 6.45) is 3.60. The first-order valence-electron chi connectivity index (χ1n) is 16.6. The van der Waals surface area contributed by atoms with E-state index in [2.05, 4.69) is 17.6 Å². The number of nitrogens with one attached hydrogen (secondary N) is 2. The number of methoxy groups -OCH3 is 2. The highest BCUT2D eigenvalue weighted by atomic mass is 16.5. The van der Waals surface area contributed by atoms with Crippen LogP contribution in [0.25, 0.3) is 11.1 Å². The van der Waals surface area contributed by atoms with Crippen molar-refractivity contribution in [1.82, 2.24) is 5.32 Å². The fourth-order valence-electron chi connectivity index (χ4n) is 7.94. The van der Waals surface area contributed by atoms with Crippen LogP contribution in [0.2, 0.25) is 0 Å². The minimum Gasteiger partial charge on any atom is -0.502 e. The van der Waals surface area contributed by atoms with Crippen LogP contribution in [0.4, 0.5) is 5.69 Å². The smallest absolute Gasteiger partial charge is 0.200 e. The summed E-state index contributed by atoms with van der Waals surface area (Å²) in [4.78, 5) is 0. The Morgan fingerprint density at radius 3 is 2.40 bits per heavy atom. The van der Waals surface area contributed by atoms with Crippen molar-refractivity contribution in [3.63, 3.8) is 0 Å². The molecule has 0 spiro atoms. The van der Waals surface area contributed by atoms with Crippen LogP contribution in [0.15, 0.2) is 24.3 Å². The van der Waals surface area contributed by atoms with Crippen molar-refractivity contribution in [1.29, 1.82) is 0 Å². The average molecular weight is 649 g/mol. The molecule has 252 valence electrons. The number of phenols is 1. The van der Waals surface area contributed by atoms with Gasteiger partial charge in [0.25, 0.3) is 0 Å². The van der Waals surface area contributed by atoms with Crippen molar-refractivity contribution in [3.05, 3.63) is 52.1 Å². The highest BCUT2D eigenvalue weighted by molar-refractivity contribution is 5.93. The van der Waals surface area contributed by atoms with Crippen molar-refractivity contribution in [2.24, 2.45) is 0 Å². The van der Waals surface area contributed by atoms with E-state index in [4.69, 9.17) is 23.7 Å². The standard InChI is InChI=1S/C36H44N2O9/c1-4-37-36(10-5-6-11-36)47-26-17-24(43-2)20-8-9-21-29-23(38-35(42)32(26)31(20)29)16-25-30(21)33(40)22(18-46-25)19-14-27(44-3)34(41)28(15-19)45-13-7-12-39/h14-17,22,33,35,37-42H,4-13,18H2,1-3H3/t22-,33-,35+/m0/s1. The summed E-state index contributed by atoms with van der Waals surface area (Å²) >= 11 is 0. The number of fused-ring (bicyclic) bond motifs is 2. The third-order valence-corrected chi connectivity index (χ3v) is 10.1. The lowest BCUT2D eigenvalue weighted by Gasteiger charge is -2.40. The van der Waals surface area contributed by atoms with E-state index in [0.717, 1.165) is 60.2 Å². The van der Waals surface area contributed by atoms with Gasteiger partial charge in [0.15, 0.2) is 23.5 Å². The Bertz CT molecular complexity index is 1670. The fourth-order valence-corrected chi connectivity index (χ4v) is 7.94. The van der Waals surface area contributed by atoms with Gasteiger partial charge >= 0.3 is 0 Å². The summed E-state index contributed by atoms with van der Waals surface area (Å²) in [6.45, 7) is 3.19. The van der Waals surface area contributed by atoms with Gasteiger partial charge in [-0.3, -0.25) is 5.32 Å². The first kappa shape index (κ1) is 31.7. The second kappa shape index (κ2) is 12.6. The first-order valence-corrected chi connectivity index (χ1v) is 16.6. The van der Waals surface area contributed by atoms with E-state index in [0.29, 0.717) is 53.2 Å². The lowest BCUT2D eigenvalue weighted by Crippen LogP contribution is -2.48. The van der Waals surface area contributed by atoms with E-state index in [1.807, 2.05) is 12.1 Å². The second-order valence-electron chi connectivity index (χ2n) is 12.8. The molecule has 1 fully saturated rings. The maximum absolute atomic E-state index is 12.1. The van der Waals surface area contributed by atoms with Crippen LogP contribution in [0.1, 0.15) is 85.1 Å². The molecule has 0 unspecified atom stereocenters. The molecule has 1 saturated carbocycles. The molecule has 2 aliphatic heterocycles. The number of phenolic OH excluding ortho intramolecular Hbond substituents is 1. The molecule has 4 aliphatic rings. The van der Waals surface area contributed by atoms with E-state index < -0.39 is 24.0 Å². The SMILES string of the molecule is CCNC1(Oc2cc(OC)c3c4c2[C@@H](O)Nc2cc5c(c(c2-4)CC3)[C@@H](O)[C@H](c2cc(OC)c(O)c(OCCCO)c2)CO5)CCCC1. The number of benzene rings is 3. The minimum atomic E-state index is -1.02. The van der Waals surface area contributed by atoms with Crippen molar-refractivity contribution in [2.45, 2.75) is 75.8 Å². The van der Waals surface area contributed by atoms with Gasteiger partial charge in [-0.15, -0.1) is 0 Å². The predicted octanol–water partition coefficient (Wildman–Crippen LogP) is 4.82. The molecular formula is C36H44N2O9. The maximum atomic E-state index is 12.1.